The number of aromatic nitrogens is 1. The highest BCUT2D eigenvalue weighted by Crippen LogP contribution is 2.45. The number of Topliss-reactive ketones (excluding diaryl/α,β-unsaturated/α-hetero) is 1. The maximum absolute atomic E-state index is 13.4. The number of thiazole rings is 1. The average Bonchev–Trinajstić information content (AvgIpc) is 3.47. The van der Waals surface area contributed by atoms with Crippen molar-refractivity contribution in [1.82, 2.24) is 4.98 Å². The Bertz CT molecular complexity index is 1420. The Morgan fingerprint density at radius 1 is 1.16 bits per heavy atom. The molecule has 1 aliphatic heterocycles. The molecule has 2 aromatic heterocycles. The smallest absolute Gasteiger partial charge is 0.296 e. The summed E-state index contributed by atoms with van der Waals surface area (Å²) in [6, 6.07) is 14.2. The lowest BCUT2D eigenvalue weighted by Crippen LogP contribution is -2.30. The number of thiophene rings is 1. The lowest BCUT2D eigenvalue weighted by atomic mass is 9.95. The number of anilines is 1. The van der Waals surface area contributed by atoms with Gasteiger partial charge in [-0.1, -0.05) is 51.5 Å². The monoisotopic (exact) mass is 524 g/mol. The number of aliphatic hydroxyl groups excluding tert-OH is 1. The van der Waals surface area contributed by atoms with Crippen LogP contribution in [0.25, 0.3) is 10.2 Å². The van der Waals surface area contributed by atoms with Crippen molar-refractivity contribution in [2.45, 2.75) is 19.9 Å². The number of halogens is 1. The molecular formula is C24H17BrN2O3S2. The number of nitrogens with zero attached hydrogens (tertiary/aromatic N) is 2. The normalized spacial score (nSPS) is 16.4. The van der Waals surface area contributed by atoms with Crippen LogP contribution in [0.3, 0.4) is 0 Å². The first-order valence-corrected chi connectivity index (χ1v) is 12.3. The zero-order valence-electron chi connectivity index (χ0n) is 17.1. The fourth-order valence-electron chi connectivity index (χ4n) is 4.03. The van der Waals surface area contributed by atoms with Crippen LogP contribution in [0.15, 0.2) is 69.7 Å². The molecule has 0 aliphatic carbocycles. The highest BCUT2D eigenvalue weighted by Gasteiger charge is 2.46. The van der Waals surface area contributed by atoms with Gasteiger partial charge in [0, 0.05) is 4.47 Å². The van der Waals surface area contributed by atoms with Crippen molar-refractivity contribution < 1.29 is 14.7 Å². The second-order valence-electron chi connectivity index (χ2n) is 7.63. The molecule has 2 aromatic carbocycles. The number of ketones is 1. The van der Waals surface area contributed by atoms with Crippen LogP contribution < -0.4 is 4.90 Å². The van der Waals surface area contributed by atoms with E-state index in [2.05, 4.69) is 15.9 Å². The van der Waals surface area contributed by atoms with Gasteiger partial charge in [-0.15, -0.1) is 11.3 Å². The lowest BCUT2D eigenvalue weighted by molar-refractivity contribution is -0.117. The summed E-state index contributed by atoms with van der Waals surface area (Å²) in [5.74, 6) is -1.50. The molecule has 0 unspecified atom stereocenters. The van der Waals surface area contributed by atoms with Crippen LogP contribution >= 0.6 is 38.6 Å². The van der Waals surface area contributed by atoms with Crippen molar-refractivity contribution >= 4 is 65.6 Å². The number of rotatable bonds is 4. The van der Waals surface area contributed by atoms with E-state index in [0.717, 1.165) is 25.8 Å². The highest BCUT2D eigenvalue weighted by atomic mass is 79.9. The number of benzene rings is 2. The fourth-order valence-corrected chi connectivity index (χ4v) is 6.29. The maximum atomic E-state index is 13.4. The second-order valence-corrected chi connectivity index (χ2v) is 10.5. The molecule has 0 bridgehead atoms. The van der Waals surface area contributed by atoms with Crippen molar-refractivity contribution in [3.63, 3.8) is 0 Å². The molecule has 0 fully saturated rings. The van der Waals surface area contributed by atoms with E-state index in [1.807, 2.05) is 50.2 Å². The topological polar surface area (TPSA) is 70.5 Å². The number of carbonyl (C=O) groups excluding carboxylic acids is 2. The average molecular weight is 525 g/mol. The molecule has 32 heavy (non-hydrogen) atoms. The standard InChI is InChI=1S/C24H17BrN2O3S2/c1-12-9-13(2)19-17(10-12)32-24(26-19)27-20(14-5-3-6-15(25)11-14)18(22(29)23(27)30)21(28)16-7-4-8-31-16/h3-11,20,29H,1-2H3/t20-/m1/s1. The number of aryl methyl sites for hydroxylation is 2. The Kier molecular flexibility index (Phi) is 5.23. The molecule has 160 valence electrons. The molecule has 3 heterocycles. The van der Waals surface area contributed by atoms with E-state index in [1.54, 1.807) is 17.5 Å². The summed E-state index contributed by atoms with van der Waals surface area (Å²) in [4.78, 5) is 33.3. The predicted octanol–water partition coefficient (Wildman–Crippen LogP) is 6.52. The van der Waals surface area contributed by atoms with Gasteiger partial charge >= 0.3 is 0 Å². The molecule has 1 N–H and O–H groups in total. The van der Waals surface area contributed by atoms with Crippen LogP contribution in [-0.2, 0) is 4.79 Å². The fraction of sp³-hybridized carbons (Fsp3) is 0.125. The molecule has 0 spiro atoms. The molecule has 0 saturated heterocycles. The van der Waals surface area contributed by atoms with E-state index in [4.69, 9.17) is 4.98 Å². The zero-order valence-corrected chi connectivity index (χ0v) is 20.3. The maximum Gasteiger partial charge on any atom is 0.296 e. The van der Waals surface area contributed by atoms with E-state index in [-0.39, 0.29) is 11.4 Å². The van der Waals surface area contributed by atoms with E-state index >= 15 is 0 Å². The van der Waals surface area contributed by atoms with Gasteiger partial charge in [-0.2, -0.15) is 0 Å². The number of amides is 1. The van der Waals surface area contributed by atoms with Gasteiger partial charge in [0.1, 0.15) is 0 Å². The van der Waals surface area contributed by atoms with Crippen LogP contribution in [0.4, 0.5) is 5.13 Å². The van der Waals surface area contributed by atoms with Crippen molar-refractivity contribution in [3.05, 3.63) is 91.3 Å². The summed E-state index contributed by atoms with van der Waals surface area (Å²) in [5.41, 5.74) is 3.72. The minimum atomic E-state index is -0.781. The molecule has 8 heteroatoms. The van der Waals surface area contributed by atoms with Gasteiger partial charge in [0.05, 0.1) is 26.7 Å². The predicted molar refractivity (Wildman–Crippen MR) is 132 cm³/mol. The van der Waals surface area contributed by atoms with Crippen molar-refractivity contribution in [3.8, 4) is 0 Å². The number of carbonyl (C=O) groups is 2. The number of aliphatic hydroxyl groups is 1. The number of hydrogen-bond acceptors (Lipinski definition) is 6. The minimum Gasteiger partial charge on any atom is -0.503 e. The lowest BCUT2D eigenvalue weighted by Gasteiger charge is -2.24. The second kappa shape index (κ2) is 7.95. The Morgan fingerprint density at radius 2 is 1.97 bits per heavy atom. The molecule has 5 nitrogen and oxygen atoms in total. The molecular weight excluding hydrogens is 508 g/mol. The minimum absolute atomic E-state index is 0.0720. The third-order valence-corrected chi connectivity index (χ3v) is 7.75. The molecule has 1 amide bonds. The van der Waals surface area contributed by atoms with Crippen molar-refractivity contribution in [1.29, 1.82) is 0 Å². The molecule has 5 rings (SSSR count). The summed E-state index contributed by atoms with van der Waals surface area (Å²) in [6.45, 7) is 4.00. The highest BCUT2D eigenvalue weighted by molar-refractivity contribution is 9.10. The van der Waals surface area contributed by atoms with Gasteiger partial charge < -0.3 is 5.11 Å². The largest absolute Gasteiger partial charge is 0.503 e. The van der Waals surface area contributed by atoms with Crippen LogP contribution in [0.1, 0.15) is 32.4 Å². The first-order chi connectivity index (χ1) is 15.3. The van der Waals surface area contributed by atoms with Crippen LogP contribution in [-0.4, -0.2) is 21.8 Å². The van der Waals surface area contributed by atoms with Gasteiger partial charge in [-0.05, 0) is 60.2 Å². The summed E-state index contributed by atoms with van der Waals surface area (Å²) < 4.78 is 1.77. The van der Waals surface area contributed by atoms with E-state index < -0.39 is 17.7 Å². The van der Waals surface area contributed by atoms with Gasteiger partial charge in [0.15, 0.2) is 10.9 Å². The summed E-state index contributed by atoms with van der Waals surface area (Å²) in [7, 11) is 0. The molecule has 1 aliphatic rings. The third-order valence-electron chi connectivity index (χ3n) is 5.39. The summed E-state index contributed by atoms with van der Waals surface area (Å²) in [5, 5.41) is 13.1. The van der Waals surface area contributed by atoms with Crippen LogP contribution in [0.2, 0.25) is 0 Å². The molecule has 0 radical (unpaired) electrons. The number of fused-ring (bicyclic) bond motifs is 1. The van der Waals surface area contributed by atoms with Gasteiger partial charge in [-0.3, -0.25) is 14.5 Å². The zero-order chi connectivity index (χ0) is 22.6. The Morgan fingerprint density at radius 3 is 2.69 bits per heavy atom. The Balaban J connectivity index is 1.71. The Hall–Kier alpha value is -2.81. The van der Waals surface area contributed by atoms with Crippen molar-refractivity contribution in [2.24, 2.45) is 0 Å². The van der Waals surface area contributed by atoms with Crippen LogP contribution in [0.5, 0.6) is 0 Å². The molecule has 0 saturated carbocycles. The Labute approximate surface area is 200 Å². The van der Waals surface area contributed by atoms with Gasteiger partial charge in [0.25, 0.3) is 5.91 Å². The first-order valence-electron chi connectivity index (χ1n) is 9.83. The quantitative estimate of drug-likeness (QED) is 0.308. The first kappa shape index (κ1) is 21.1. The van der Waals surface area contributed by atoms with E-state index in [0.29, 0.717) is 15.6 Å². The molecule has 1 atom stereocenters. The third kappa shape index (κ3) is 3.39. The number of hydrogen-bond donors (Lipinski definition) is 1. The van der Waals surface area contributed by atoms with E-state index in [1.165, 1.54) is 27.6 Å². The van der Waals surface area contributed by atoms with Gasteiger partial charge in [0.2, 0.25) is 5.78 Å². The summed E-state index contributed by atoms with van der Waals surface area (Å²) in [6.07, 6.45) is 0. The van der Waals surface area contributed by atoms with Gasteiger partial charge in [-0.25, -0.2) is 4.98 Å². The van der Waals surface area contributed by atoms with Crippen LogP contribution in [0, 0.1) is 13.8 Å². The SMILES string of the molecule is Cc1cc(C)c2nc(N3C(=O)C(O)=C(C(=O)c4cccs4)[C@H]3c3cccc(Br)c3)sc2c1. The van der Waals surface area contributed by atoms with Crippen molar-refractivity contribution in [2.75, 3.05) is 4.90 Å². The van der Waals surface area contributed by atoms with E-state index in [9.17, 15) is 14.7 Å². The summed E-state index contributed by atoms with van der Waals surface area (Å²) >= 11 is 6.14. The molecule has 4 aromatic rings.